The van der Waals surface area contributed by atoms with Crippen molar-refractivity contribution in [2.45, 2.75) is 33.1 Å². The van der Waals surface area contributed by atoms with Gasteiger partial charge in [0.1, 0.15) is 10.7 Å². The van der Waals surface area contributed by atoms with Gasteiger partial charge < -0.3 is 15.8 Å². The van der Waals surface area contributed by atoms with Crippen LogP contribution in [0.1, 0.15) is 37.6 Å². The Morgan fingerprint density at radius 2 is 2.11 bits per heavy atom. The predicted molar refractivity (Wildman–Crippen MR) is 81.5 cm³/mol. The average Bonchev–Trinajstić information content (AvgIpc) is 2.37. The van der Waals surface area contributed by atoms with E-state index in [4.69, 9.17) is 22.7 Å². The van der Waals surface area contributed by atoms with E-state index < -0.39 is 0 Å². The Kier molecular flexibility index (Phi) is 7.28. The summed E-state index contributed by atoms with van der Waals surface area (Å²) in [6.07, 6.45) is 3.20. The highest BCUT2D eigenvalue weighted by molar-refractivity contribution is 7.80. The number of hydrogen-bond donors (Lipinski definition) is 2. The van der Waals surface area contributed by atoms with E-state index in [9.17, 15) is 0 Å². The van der Waals surface area contributed by atoms with Gasteiger partial charge in [0.2, 0.25) is 5.95 Å². The van der Waals surface area contributed by atoms with Gasteiger partial charge in [-0.1, -0.05) is 25.6 Å². The highest BCUT2D eigenvalue weighted by atomic mass is 32.1. The van der Waals surface area contributed by atoms with Gasteiger partial charge in [0.25, 0.3) is 0 Å². The van der Waals surface area contributed by atoms with E-state index in [2.05, 4.69) is 22.2 Å². The average molecular weight is 282 g/mol. The fourth-order valence-corrected chi connectivity index (χ4v) is 1.60. The predicted octanol–water partition coefficient (Wildman–Crippen LogP) is 2.04. The smallest absolute Gasteiger partial charge is 0.223 e. The van der Waals surface area contributed by atoms with Crippen molar-refractivity contribution in [3.63, 3.8) is 0 Å². The molecule has 5 nitrogen and oxygen atoms in total. The molecule has 0 spiro atoms. The molecule has 0 saturated heterocycles. The van der Waals surface area contributed by atoms with Crippen molar-refractivity contribution in [1.82, 2.24) is 9.97 Å². The van der Waals surface area contributed by atoms with Crippen molar-refractivity contribution in [2.75, 3.05) is 25.1 Å². The lowest BCUT2D eigenvalue weighted by atomic mass is 10.3. The SMILES string of the molecule is CCCCOCCCNc1nc(C)cc(C(N)=S)n1. The lowest BCUT2D eigenvalue weighted by Crippen LogP contribution is -2.15. The molecule has 1 aromatic rings. The maximum Gasteiger partial charge on any atom is 0.223 e. The number of hydrogen-bond acceptors (Lipinski definition) is 5. The first-order valence-electron chi connectivity index (χ1n) is 6.60. The normalized spacial score (nSPS) is 10.4. The molecule has 0 bridgehead atoms. The van der Waals surface area contributed by atoms with Crippen LogP contribution < -0.4 is 11.1 Å². The zero-order valence-corrected chi connectivity index (χ0v) is 12.4. The molecule has 0 aliphatic rings. The molecule has 1 rings (SSSR count). The van der Waals surface area contributed by atoms with Gasteiger partial charge in [0, 0.05) is 25.5 Å². The van der Waals surface area contributed by atoms with E-state index >= 15 is 0 Å². The third-order valence-electron chi connectivity index (χ3n) is 2.50. The number of nitrogens with two attached hydrogens (primary N) is 1. The molecule has 106 valence electrons. The molecule has 0 aromatic carbocycles. The first-order chi connectivity index (χ1) is 9.13. The Labute approximate surface area is 120 Å². The van der Waals surface area contributed by atoms with Crippen LogP contribution in [0.25, 0.3) is 0 Å². The molecule has 0 radical (unpaired) electrons. The molecule has 1 aromatic heterocycles. The summed E-state index contributed by atoms with van der Waals surface area (Å²) in [6, 6.07) is 1.78. The Bertz CT molecular complexity index is 412. The molecule has 1 heterocycles. The van der Waals surface area contributed by atoms with E-state index in [-0.39, 0.29) is 4.99 Å². The molecule has 0 aliphatic heterocycles. The molecule has 0 atom stereocenters. The number of thiocarbonyl (C=S) groups is 1. The first-order valence-corrected chi connectivity index (χ1v) is 7.01. The zero-order chi connectivity index (χ0) is 14.1. The summed E-state index contributed by atoms with van der Waals surface area (Å²) in [5.41, 5.74) is 7.02. The molecule has 0 fully saturated rings. The lowest BCUT2D eigenvalue weighted by molar-refractivity contribution is 0.131. The van der Waals surface area contributed by atoms with Gasteiger partial charge in [-0.05, 0) is 25.8 Å². The van der Waals surface area contributed by atoms with Crippen molar-refractivity contribution in [2.24, 2.45) is 5.73 Å². The van der Waals surface area contributed by atoms with Gasteiger partial charge in [-0.25, -0.2) is 9.97 Å². The molecule has 19 heavy (non-hydrogen) atoms. The minimum atomic E-state index is 0.288. The van der Waals surface area contributed by atoms with E-state index in [1.54, 1.807) is 6.07 Å². The summed E-state index contributed by atoms with van der Waals surface area (Å²) in [7, 11) is 0. The second kappa shape index (κ2) is 8.77. The van der Waals surface area contributed by atoms with Gasteiger partial charge >= 0.3 is 0 Å². The van der Waals surface area contributed by atoms with Crippen molar-refractivity contribution in [3.05, 3.63) is 17.5 Å². The van der Waals surface area contributed by atoms with Crippen LogP contribution in [-0.4, -0.2) is 34.7 Å². The number of nitrogens with one attached hydrogen (secondary N) is 1. The van der Waals surface area contributed by atoms with Crippen LogP contribution in [0.2, 0.25) is 0 Å². The van der Waals surface area contributed by atoms with Gasteiger partial charge in [-0.3, -0.25) is 0 Å². The van der Waals surface area contributed by atoms with Crippen LogP contribution in [0.5, 0.6) is 0 Å². The maximum absolute atomic E-state index is 5.57. The van der Waals surface area contributed by atoms with Crippen LogP contribution in [0.4, 0.5) is 5.95 Å². The van der Waals surface area contributed by atoms with Gasteiger partial charge in [0.05, 0.1) is 0 Å². The third kappa shape index (κ3) is 6.45. The summed E-state index contributed by atoms with van der Waals surface area (Å²) in [5, 5.41) is 3.15. The zero-order valence-electron chi connectivity index (χ0n) is 11.6. The number of ether oxygens (including phenoxy) is 1. The topological polar surface area (TPSA) is 73.1 Å². The van der Waals surface area contributed by atoms with Crippen LogP contribution in [0.3, 0.4) is 0 Å². The van der Waals surface area contributed by atoms with Gasteiger partial charge in [-0.15, -0.1) is 0 Å². The van der Waals surface area contributed by atoms with Crippen LogP contribution in [-0.2, 0) is 4.74 Å². The molecular formula is C13H22N4OS. The summed E-state index contributed by atoms with van der Waals surface area (Å²) in [4.78, 5) is 8.82. The van der Waals surface area contributed by atoms with E-state index in [1.165, 1.54) is 0 Å². The van der Waals surface area contributed by atoms with Crippen molar-refractivity contribution >= 4 is 23.2 Å². The number of nitrogens with zero attached hydrogens (tertiary/aromatic N) is 2. The third-order valence-corrected chi connectivity index (χ3v) is 2.71. The molecule has 3 N–H and O–H groups in total. The van der Waals surface area contributed by atoms with Gasteiger partial charge in [-0.2, -0.15) is 0 Å². The second-order valence-electron chi connectivity index (χ2n) is 4.33. The molecular weight excluding hydrogens is 260 g/mol. The maximum atomic E-state index is 5.57. The molecule has 0 aliphatic carbocycles. The Balaban J connectivity index is 2.31. The molecule has 0 amide bonds. The number of aryl methyl sites for hydroxylation is 1. The van der Waals surface area contributed by atoms with Crippen molar-refractivity contribution < 1.29 is 4.74 Å². The Morgan fingerprint density at radius 1 is 1.37 bits per heavy atom. The summed E-state index contributed by atoms with van der Waals surface area (Å²) in [5.74, 6) is 0.566. The fourth-order valence-electron chi connectivity index (χ4n) is 1.50. The van der Waals surface area contributed by atoms with E-state index in [0.29, 0.717) is 11.6 Å². The standard InChI is InChI=1S/C13H22N4OS/c1-3-4-7-18-8-5-6-15-13-16-10(2)9-11(17-13)12(14)19/h9H,3-8H2,1-2H3,(H2,14,19)(H,15,16,17). The molecule has 0 unspecified atom stereocenters. The van der Waals surface area contributed by atoms with Gasteiger partial charge in [0.15, 0.2) is 0 Å². The first kappa shape index (κ1) is 15.8. The van der Waals surface area contributed by atoms with Crippen LogP contribution in [0.15, 0.2) is 6.07 Å². The largest absolute Gasteiger partial charge is 0.388 e. The highest BCUT2D eigenvalue weighted by Crippen LogP contribution is 2.05. The second-order valence-corrected chi connectivity index (χ2v) is 4.77. The quantitative estimate of drug-likeness (QED) is 0.533. The van der Waals surface area contributed by atoms with E-state index in [1.807, 2.05) is 6.92 Å². The number of rotatable bonds is 9. The highest BCUT2D eigenvalue weighted by Gasteiger charge is 2.03. The number of unbranched alkanes of at least 4 members (excludes halogenated alkanes) is 1. The number of aromatic nitrogens is 2. The molecule has 6 heteroatoms. The monoisotopic (exact) mass is 282 g/mol. The summed E-state index contributed by atoms with van der Waals surface area (Å²) < 4.78 is 5.48. The Morgan fingerprint density at radius 3 is 2.79 bits per heavy atom. The summed E-state index contributed by atoms with van der Waals surface area (Å²) in [6.45, 7) is 6.40. The van der Waals surface area contributed by atoms with E-state index in [0.717, 1.165) is 44.7 Å². The van der Waals surface area contributed by atoms with Crippen molar-refractivity contribution in [3.8, 4) is 0 Å². The lowest BCUT2D eigenvalue weighted by Gasteiger charge is -2.08. The van der Waals surface area contributed by atoms with Crippen LogP contribution >= 0.6 is 12.2 Å². The minimum absolute atomic E-state index is 0.288. The number of anilines is 1. The summed E-state index contributed by atoms with van der Waals surface area (Å²) >= 11 is 4.92. The minimum Gasteiger partial charge on any atom is -0.388 e. The van der Waals surface area contributed by atoms with Crippen molar-refractivity contribution in [1.29, 1.82) is 0 Å². The Hall–Kier alpha value is -1.27. The fraction of sp³-hybridized carbons (Fsp3) is 0.615. The van der Waals surface area contributed by atoms with Crippen LogP contribution in [0, 0.1) is 6.92 Å². The molecule has 0 saturated carbocycles.